The molecular weight excluding hydrogens is 312 g/mol. The molecule has 1 N–H and O–H groups in total. The van der Waals surface area contributed by atoms with Crippen molar-refractivity contribution in [2.24, 2.45) is 5.92 Å². The predicted molar refractivity (Wildman–Crippen MR) is 95.5 cm³/mol. The van der Waals surface area contributed by atoms with E-state index < -0.39 is 0 Å². The van der Waals surface area contributed by atoms with Gasteiger partial charge in [0.05, 0.1) is 5.56 Å². The van der Waals surface area contributed by atoms with Gasteiger partial charge >= 0.3 is 0 Å². The molecule has 4 rings (SSSR count). The fraction of sp³-hybridized carbons (Fsp3) is 0.381. The Balaban J connectivity index is 1.59. The molecule has 1 fully saturated rings. The lowest BCUT2D eigenvalue weighted by Crippen LogP contribution is -2.30. The van der Waals surface area contributed by atoms with Gasteiger partial charge in [0.15, 0.2) is 0 Å². The highest BCUT2D eigenvalue weighted by molar-refractivity contribution is 5.47. The Labute approximate surface area is 148 Å². The summed E-state index contributed by atoms with van der Waals surface area (Å²) in [5.41, 5.74) is 2.87. The van der Waals surface area contributed by atoms with E-state index in [2.05, 4.69) is 29.2 Å². The minimum atomic E-state index is -0.0256. The Morgan fingerprint density at radius 1 is 1.16 bits per heavy atom. The van der Waals surface area contributed by atoms with Crippen LogP contribution in [0.5, 0.6) is 11.5 Å². The number of aromatic hydroxyl groups is 1. The summed E-state index contributed by atoms with van der Waals surface area (Å²) in [4.78, 5) is 2.53. The number of hydrogen-bond donors (Lipinski definition) is 1. The molecule has 0 spiro atoms. The number of ether oxygens (including phenoxy) is 1. The number of likely N-dealkylation sites (tertiary alicyclic amines) is 1. The summed E-state index contributed by atoms with van der Waals surface area (Å²) in [5.74, 6) is 1.00. The monoisotopic (exact) mass is 334 g/mol. The largest absolute Gasteiger partial charge is 0.506 e. The van der Waals surface area contributed by atoms with Gasteiger partial charge in [0, 0.05) is 18.5 Å². The number of phenolic OH excluding ortho intramolecular Hbond substituents is 1. The summed E-state index contributed by atoms with van der Waals surface area (Å²) in [5, 5.41) is 18.9. The molecule has 0 amide bonds. The molecule has 0 aromatic heterocycles. The Bertz CT molecular complexity index is 806. The van der Waals surface area contributed by atoms with Crippen LogP contribution in [-0.4, -0.2) is 29.6 Å². The van der Waals surface area contributed by atoms with Gasteiger partial charge in [-0.05, 0) is 55.6 Å². The first kappa shape index (κ1) is 16.0. The number of hydrogen-bond acceptors (Lipinski definition) is 4. The number of benzene rings is 2. The van der Waals surface area contributed by atoms with Crippen LogP contribution in [0.15, 0.2) is 42.5 Å². The van der Waals surface area contributed by atoms with E-state index in [9.17, 15) is 5.11 Å². The maximum Gasteiger partial charge on any atom is 0.137 e. The second kappa shape index (κ2) is 6.78. The van der Waals surface area contributed by atoms with Crippen molar-refractivity contribution in [2.75, 3.05) is 19.6 Å². The van der Waals surface area contributed by atoms with Gasteiger partial charge in [-0.2, -0.15) is 5.26 Å². The van der Waals surface area contributed by atoms with Gasteiger partial charge in [-0.3, -0.25) is 0 Å². The SMILES string of the molecule is N#Cc1ccc(O[C@H]2c3ccccc3C[C@@H]2CN2CCCC2)cc1O. The molecule has 2 aliphatic rings. The van der Waals surface area contributed by atoms with Crippen molar-refractivity contribution < 1.29 is 9.84 Å². The van der Waals surface area contributed by atoms with Crippen molar-refractivity contribution in [2.45, 2.75) is 25.4 Å². The lowest BCUT2D eigenvalue weighted by molar-refractivity contribution is 0.120. The number of phenols is 1. The summed E-state index contributed by atoms with van der Waals surface area (Å²) in [6.45, 7) is 3.40. The maximum atomic E-state index is 9.95. The third-order valence-electron chi connectivity index (χ3n) is 5.32. The minimum absolute atomic E-state index is 0.0101. The molecule has 4 nitrogen and oxygen atoms in total. The average molecular weight is 334 g/mol. The van der Waals surface area contributed by atoms with E-state index in [1.54, 1.807) is 18.2 Å². The van der Waals surface area contributed by atoms with E-state index in [0.717, 1.165) is 13.0 Å². The summed E-state index contributed by atoms with van der Waals surface area (Å²) >= 11 is 0. The molecule has 25 heavy (non-hydrogen) atoms. The van der Waals surface area contributed by atoms with Crippen LogP contribution in [0.25, 0.3) is 0 Å². The summed E-state index contributed by atoms with van der Waals surface area (Å²) in [7, 11) is 0. The summed E-state index contributed by atoms with van der Waals surface area (Å²) in [6.07, 6.45) is 3.59. The predicted octanol–water partition coefficient (Wildman–Crippen LogP) is 3.65. The highest BCUT2D eigenvalue weighted by atomic mass is 16.5. The van der Waals surface area contributed by atoms with Crippen molar-refractivity contribution >= 4 is 0 Å². The Morgan fingerprint density at radius 2 is 1.96 bits per heavy atom. The number of fused-ring (bicyclic) bond motifs is 1. The third-order valence-corrected chi connectivity index (χ3v) is 5.32. The van der Waals surface area contributed by atoms with Crippen LogP contribution >= 0.6 is 0 Å². The molecular formula is C21H22N2O2. The van der Waals surface area contributed by atoms with Crippen LogP contribution < -0.4 is 4.74 Å². The van der Waals surface area contributed by atoms with Gasteiger partial charge in [-0.25, -0.2) is 0 Å². The van der Waals surface area contributed by atoms with E-state index in [4.69, 9.17) is 10.00 Å². The third kappa shape index (κ3) is 3.20. The minimum Gasteiger partial charge on any atom is -0.506 e. The van der Waals surface area contributed by atoms with Crippen LogP contribution in [0.2, 0.25) is 0 Å². The average Bonchev–Trinajstić information content (AvgIpc) is 3.24. The fourth-order valence-electron chi connectivity index (χ4n) is 4.08. The molecule has 1 aliphatic carbocycles. The zero-order valence-electron chi connectivity index (χ0n) is 14.2. The molecule has 4 heteroatoms. The van der Waals surface area contributed by atoms with E-state index in [1.165, 1.54) is 37.1 Å². The molecule has 128 valence electrons. The highest BCUT2D eigenvalue weighted by Gasteiger charge is 2.35. The topological polar surface area (TPSA) is 56.5 Å². The van der Waals surface area contributed by atoms with Crippen LogP contribution in [0.3, 0.4) is 0 Å². The van der Waals surface area contributed by atoms with Crippen molar-refractivity contribution in [1.29, 1.82) is 5.26 Å². The standard InChI is InChI=1S/C21H22N2O2/c22-13-16-7-8-18(12-20(16)24)25-21-17(14-23-9-3-4-10-23)11-15-5-1-2-6-19(15)21/h1-2,5-8,12,17,21,24H,3-4,9-11,14H2/t17-,21-/m1/s1. The second-order valence-electron chi connectivity index (χ2n) is 7.00. The normalized spacial score (nSPS) is 22.5. The van der Waals surface area contributed by atoms with Crippen LogP contribution in [0.1, 0.15) is 35.6 Å². The summed E-state index contributed by atoms with van der Waals surface area (Å²) in [6, 6.07) is 15.4. The number of nitrogens with zero attached hydrogens (tertiary/aromatic N) is 2. The van der Waals surface area contributed by atoms with Gasteiger partial charge in [0.2, 0.25) is 0 Å². The second-order valence-corrected chi connectivity index (χ2v) is 7.00. The first-order chi connectivity index (χ1) is 12.2. The number of rotatable bonds is 4. The van der Waals surface area contributed by atoms with E-state index >= 15 is 0 Å². The zero-order valence-corrected chi connectivity index (χ0v) is 14.2. The fourth-order valence-corrected chi connectivity index (χ4v) is 4.08. The van der Waals surface area contributed by atoms with Crippen LogP contribution in [0.4, 0.5) is 0 Å². The molecule has 1 heterocycles. The van der Waals surface area contributed by atoms with Gasteiger partial charge < -0.3 is 14.7 Å². The van der Waals surface area contributed by atoms with Crippen LogP contribution in [-0.2, 0) is 6.42 Å². The van der Waals surface area contributed by atoms with Gasteiger partial charge in [0.25, 0.3) is 0 Å². The van der Waals surface area contributed by atoms with Crippen molar-refractivity contribution in [3.63, 3.8) is 0 Å². The van der Waals surface area contributed by atoms with Gasteiger partial charge in [0.1, 0.15) is 23.7 Å². The van der Waals surface area contributed by atoms with Gasteiger partial charge in [-0.15, -0.1) is 0 Å². The lowest BCUT2D eigenvalue weighted by Gasteiger charge is -2.26. The maximum absolute atomic E-state index is 9.95. The molecule has 0 bridgehead atoms. The van der Waals surface area contributed by atoms with E-state index in [1.807, 2.05) is 6.07 Å². The first-order valence-corrected chi connectivity index (χ1v) is 8.94. The zero-order chi connectivity index (χ0) is 17.2. The Hall–Kier alpha value is -2.51. The molecule has 2 atom stereocenters. The molecule has 0 radical (unpaired) electrons. The Morgan fingerprint density at radius 3 is 2.72 bits per heavy atom. The smallest absolute Gasteiger partial charge is 0.137 e. The first-order valence-electron chi connectivity index (χ1n) is 8.94. The molecule has 2 aromatic rings. The van der Waals surface area contributed by atoms with Crippen LogP contribution in [0, 0.1) is 17.2 Å². The Kier molecular flexibility index (Phi) is 4.33. The molecule has 2 aromatic carbocycles. The highest BCUT2D eigenvalue weighted by Crippen LogP contribution is 2.40. The molecule has 0 saturated carbocycles. The molecule has 1 aliphatic heterocycles. The van der Waals surface area contributed by atoms with Crippen molar-refractivity contribution in [1.82, 2.24) is 4.90 Å². The lowest BCUT2D eigenvalue weighted by atomic mass is 10.0. The van der Waals surface area contributed by atoms with Crippen molar-refractivity contribution in [3.8, 4) is 17.6 Å². The quantitative estimate of drug-likeness (QED) is 0.927. The molecule has 0 unspecified atom stereocenters. The van der Waals surface area contributed by atoms with Gasteiger partial charge in [-0.1, -0.05) is 24.3 Å². The number of nitriles is 1. The summed E-state index contributed by atoms with van der Waals surface area (Å²) < 4.78 is 6.31. The van der Waals surface area contributed by atoms with E-state index in [-0.39, 0.29) is 17.4 Å². The molecule has 1 saturated heterocycles. The van der Waals surface area contributed by atoms with Crippen molar-refractivity contribution in [3.05, 3.63) is 59.2 Å². The van der Waals surface area contributed by atoms with E-state index in [0.29, 0.717) is 11.7 Å².